The van der Waals surface area contributed by atoms with Crippen LogP contribution in [0.2, 0.25) is 0 Å². The van der Waals surface area contributed by atoms with Crippen LogP contribution in [0.25, 0.3) is 0 Å². The lowest BCUT2D eigenvalue weighted by atomic mass is 10.3. The minimum Gasteiger partial charge on any atom is -0.509 e. The summed E-state index contributed by atoms with van der Waals surface area (Å²) in [5.74, 6) is -0.0901. The van der Waals surface area contributed by atoms with E-state index >= 15 is 0 Å². The van der Waals surface area contributed by atoms with Gasteiger partial charge in [0.05, 0.1) is 11.1 Å². The first-order valence-corrected chi connectivity index (χ1v) is 7.50. The number of aliphatic hydroxyl groups is 1. The van der Waals surface area contributed by atoms with E-state index in [1.54, 1.807) is 41.7 Å². The summed E-state index contributed by atoms with van der Waals surface area (Å²) in [6, 6.07) is 0. The lowest BCUT2D eigenvalue weighted by Gasteiger charge is -2.29. The summed E-state index contributed by atoms with van der Waals surface area (Å²) in [7, 11) is -1.65. The molecule has 0 amide bonds. The molecule has 0 aromatic rings. The number of allylic oxidation sites excluding steroid dienone is 2. The summed E-state index contributed by atoms with van der Waals surface area (Å²) < 4.78 is 23.7. The monoisotopic (exact) mass is 288 g/mol. The second kappa shape index (κ2) is 6.23. The number of hydrogen-bond donors (Lipinski definition) is 1. The van der Waals surface area contributed by atoms with Crippen LogP contribution in [-0.2, 0) is 9.84 Å². The molecule has 0 aromatic carbocycles. The van der Waals surface area contributed by atoms with Crippen LogP contribution in [0, 0.1) is 0 Å². The summed E-state index contributed by atoms with van der Waals surface area (Å²) in [5.41, 5.74) is 0.541. The van der Waals surface area contributed by atoms with Gasteiger partial charge in [-0.1, -0.05) is 6.58 Å². The van der Waals surface area contributed by atoms with Crippen LogP contribution in [0.4, 0.5) is 0 Å². The molecule has 0 fully saturated rings. The standard InChI is InChI=1S/C13H24N2O3S/c1-10(8-11(2)16)14-9-15(7)12(3)19(17,18)13(4,5)6/h8-9,12,16H,2H2,1,3-7H3/b10-8+,14-9?. The fourth-order valence-corrected chi connectivity index (χ4v) is 2.80. The number of sulfone groups is 1. The molecule has 1 unspecified atom stereocenters. The van der Waals surface area contributed by atoms with E-state index in [1.165, 1.54) is 17.3 Å². The van der Waals surface area contributed by atoms with Crippen molar-refractivity contribution in [3.05, 3.63) is 24.1 Å². The molecule has 0 aliphatic rings. The molecule has 0 aliphatic carbocycles. The maximum atomic E-state index is 12.2. The summed E-state index contributed by atoms with van der Waals surface area (Å²) in [6.45, 7) is 11.6. The molecule has 0 heterocycles. The average Bonchev–Trinajstić information content (AvgIpc) is 2.22. The highest BCUT2D eigenvalue weighted by Crippen LogP contribution is 2.21. The van der Waals surface area contributed by atoms with Crippen LogP contribution in [0.3, 0.4) is 0 Å². The Morgan fingerprint density at radius 2 is 1.89 bits per heavy atom. The molecule has 110 valence electrons. The second-order valence-corrected chi connectivity index (χ2v) is 8.44. The molecule has 0 aromatic heterocycles. The van der Waals surface area contributed by atoms with E-state index in [2.05, 4.69) is 11.6 Å². The fraction of sp³-hybridized carbons (Fsp3) is 0.615. The molecule has 5 nitrogen and oxygen atoms in total. The molecule has 19 heavy (non-hydrogen) atoms. The first-order valence-electron chi connectivity index (χ1n) is 5.95. The van der Waals surface area contributed by atoms with Crippen molar-refractivity contribution in [2.45, 2.75) is 44.7 Å². The Hall–Kier alpha value is -1.30. The zero-order chi connectivity index (χ0) is 15.4. The zero-order valence-corrected chi connectivity index (χ0v) is 13.3. The number of nitrogens with zero attached hydrogens (tertiary/aromatic N) is 2. The Balaban J connectivity index is 5.02. The van der Waals surface area contributed by atoms with E-state index in [1.807, 2.05) is 0 Å². The van der Waals surface area contributed by atoms with Gasteiger partial charge in [-0.3, -0.25) is 0 Å². The van der Waals surface area contributed by atoms with Crippen LogP contribution in [0.1, 0.15) is 34.6 Å². The smallest absolute Gasteiger partial charge is 0.175 e. The Morgan fingerprint density at radius 3 is 2.26 bits per heavy atom. The lowest BCUT2D eigenvalue weighted by Crippen LogP contribution is -2.44. The molecule has 0 saturated carbocycles. The van der Waals surface area contributed by atoms with Gasteiger partial charge in [0.1, 0.15) is 11.1 Å². The molecule has 0 radical (unpaired) electrons. The molecule has 0 bridgehead atoms. The van der Waals surface area contributed by atoms with Crippen molar-refractivity contribution in [3.63, 3.8) is 0 Å². The summed E-state index contributed by atoms with van der Waals surface area (Å²) in [4.78, 5) is 5.58. The van der Waals surface area contributed by atoms with Crippen LogP contribution in [0.5, 0.6) is 0 Å². The van der Waals surface area contributed by atoms with Gasteiger partial charge in [0.25, 0.3) is 0 Å². The molecule has 1 N–H and O–H groups in total. The fourth-order valence-electron chi connectivity index (χ4n) is 1.28. The van der Waals surface area contributed by atoms with Crippen molar-refractivity contribution in [1.82, 2.24) is 4.90 Å². The van der Waals surface area contributed by atoms with Crippen molar-refractivity contribution in [2.24, 2.45) is 4.99 Å². The first kappa shape index (κ1) is 17.7. The minimum atomic E-state index is -3.30. The van der Waals surface area contributed by atoms with Crippen molar-refractivity contribution in [1.29, 1.82) is 0 Å². The highest BCUT2D eigenvalue weighted by atomic mass is 32.2. The van der Waals surface area contributed by atoms with Gasteiger partial charge >= 0.3 is 0 Å². The van der Waals surface area contributed by atoms with E-state index in [4.69, 9.17) is 5.11 Å². The summed E-state index contributed by atoms with van der Waals surface area (Å²) >= 11 is 0. The zero-order valence-electron chi connectivity index (χ0n) is 12.5. The third-order valence-corrected chi connectivity index (χ3v) is 5.63. The van der Waals surface area contributed by atoms with Crippen molar-refractivity contribution >= 4 is 16.2 Å². The van der Waals surface area contributed by atoms with E-state index < -0.39 is 20.0 Å². The van der Waals surface area contributed by atoms with Crippen LogP contribution < -0.4 is 0 Å². The number of aliphatic hydroxyl groups excluding tert-OH is 1. The van der Waals surface area contributed by atoms with Crippen molar-refractivity contribution in [2.75, 3.05) is 7.05 Å². The van der Waals surface area contributed by atoms with Gasteiger partial charge in [-0.25, -0.2) is 13.4 Å². The Labute approximate surface area is 116 Å². The summed E-state index contributed by atoms with van der Waals surface area (Å²) in [5, 5.41) is 8.30. The van der Waals surface area contributed by atoms with E-state index in [9.17, 15) is 8.42 Å². The van der Waals surface area contributed by atoms with Crippen molar-refractivity contribution < 1.29 is 13.5 Å². The predicted octanol–water partition coefficient (Wildman–Crippen LogP) is 2.48. The topological polar surface area (TPSA) is 70.0 Å². The number of aliphatic imine (C=N–C) groups is 1. The molecule has 0 aliphatic heterocycles. The maximum absolute atomic E-state index is 12.2. The maximum Gasteiger partial charge on any atom is 0.175 e. The van der Waals surface area contributed by atoms with Crippen LogP contribution in [0.15, 0.2) is 29.1 Å². The van der Waals surface area contributed by atoms with Gasteiger partial charge < -0.3 is 10.0 Å². The van der Waals surface area contributed by atoms with Gasteiger partial charge in [-0.05, 0) is 34.6 Å². The Morgan fingerprint density at radius 1 is 1.42 bits per heavy atom. The van der Waals surface area contributed by atoms with Gasteiger partial charge in [-0.15, -0.1) is 0 Å². The normalized spacial score (nSPS) is 15.6. The minimum absolute atomic E-state index is 0.0901. The quantitative estimate of drug-likeness (QED) is 0.365. The molecule has 0 spiro atoms. The molecular weight excluding hydrogens is 264 g/mol. The van der Waals surface area contributed by atoms with Crippen LogP contribution >= 0.6 is 0 Å². The van der Waals surface area contributed by atoms with Gasteiger partial charge in [0.2, 0.25) is 0 Å². The third-order valence-electron chi connectivity index (χ3n) is 2.70. The third kappa shape index (κ3) is 5.06. The van der Waals surface area contributed by atoms with Gasteiger partial charge in [0.15, 0.2) is 9.84 Å². The average molecular weight is 288 g/mol. The molecule has 1 atom stereocenters. The second-order valence-electron chi connectivity index (χ2n) is 5.44. The number of rotatable bonds is 5. The first-order chi connectivity index (χ1) is 8.39. The SMILES string of the molecule is C=C(O)/C=C(\C)N=CN(C)C(C)S(=O)(=O)C(C)(C)C. The predicted molar refractivity (Wildman–Crippen MR) is 79.9 cm³/mol. The van der Waals surface area contributed by atoms with E-state index in [0.29, 0.717) is 5.70 Å². The van der Waals surface area contributed by atoms with E-state index in [-0.39, 0.29) is 5.76 Å². The largest absolute Gasteiger partial charge is 0.509 e. The highest BCUT2D eigenvalue weighted by molar-refractivity contribution is 7.93. The molecule has 6 heteroatoms. The Kier molecular flexibility index (Phi) is 5.81. The molecular formula is C13H24N2O3S. The summed E-state index contributed by atoms with van der Waals surface area (Å²) in [6.07, 6.45) is 2.83. The molecule has 0 rings (SSSR count). The van der Waals surface area contributed by atoms with Gasteiger partial charge in [-0.2, -0.15) is 0 Å². The highest BCUT2D eigenvalue weighted by Gasteiger charge is 2.35. The molecule has 0 saturated heterocycles. The van der Waals surface area contributed by atoms with Gasteiger partial charge in [0, 0.05) is 18.8 Å². The van der Waals surface area contributed by atoms with E-state index in [0.717, 1.165) is 0 Å². The Bertz CT molecular complexity index is 485. The lowest BCUT2D eigenvalue weighted by molar-refractivity contribution is 0.434. The number of hydrogen-bond acceptors (Lipinski definition) is 4. The van der Waals surface area contributed by atoms with Crippen molar-refractivity contribution in [3.8, 4) is 0 Å². The van der Waals surface area contributed by atoms with Crippen LogP contribution in [-0.4, -0.2) is 41.9 Å².